The highest BCUT2D eigenvalue weighted by molar-refractivity contribution is 7.90. The number of hydrogen-bond donors (Lipinski definition) is 0. The molecule has 1 spiro atoms. The largest absolute Gasteiger partial charge is 0.339 e. The van der Waals surface area contributed by atoms with Crippen molar-refractivity contribution in [1.29, 1.82) is 0 Å². The molecule has 5 rings (SSSR count). The predicted molar refractivity (Wildman–Crippen MR) is 136 cm³/mol. The van der Waals surface area contributed by atoms with Crippen LogP contribution in [0.1, 0.15) is 29.6 Å². The van der Waals surface area contributed by atoms with E-state index in [-0.39, 0.29) is 21.1 Å². The van der Waals surface area contributed by atoms with Gasteiger partial charge in [-0.1, -0.05) is 12.1 Å². The van der Waals surface area contributed by atoms with Gasteiger partial charge in [0.05, 0.1) is 21.0 Å². The molecule has 2 saturated heterocycles. The maximum Gasteiger partial charge on any atom is 0.255 e. The molecule has 190 valence electrons. The van der Waals surface area contributed by atoms with Crippen molar-refractivity contribution in [2.75, 3.05) is 32.4 Å². The lowest BCUT2D eigenvalue weighted by Gasteiger charge is -2.39. The van der Waals surface area contributed by atoms with Gasteiger partial charge in [-0.2, -0.15) is 4.31 Å². The summed E-state index contributed by atoms with van der Waals surface area (Å²) in [5.74, 6) is -0.0115. The fraction of sp³-hybridized carbons (Fsp3) is 0.346. The quantitative estimate of drug-likeness (QED) is 0.508. The Bertz CT molecular complexity index is 1470. The van der Waals surface area contributed by atoms with Crippen LogP contribution in [0, 0.1) is 5.41 Å². The molecule has 0 unspecified atom stereocenters. The van der Waals surface area contributed by atoms with Crippen LogP contribution in [0.25, 0.3) is 5.69 Å². The standard InChI is InChI=1S/C26H29N3O5S2/c1-35(31,32)21-8-10-22(11-9-21)36(33,34)29-19-14-26(20-29)12-17-28(18-13-26)25(30)23-6-2-3-7-24(23)27-15-4-5-16-27/h2-11,15-16H,12-14,17-20H2,1H3. The molecule has 0 radical (unpaired) electrons. The van der Waals surface area contributed by atoms with Crippen LogP contribution in [0.2, 0.25) is 0 Å². The van der Waals surface area contributed by atoms with Crippen molar-refractivity contribution < 1.29 is 21.6 Å². The zero-order chi connectivity index (χ0) is 25.6. The summed E-state index contributed by atoms with van der Waals surface area (Å²) in [6.07, 6.45) is 7.15. The van der Waals surface area contributed by atoms with E-state index in [2.05, 4.69) is 0 Å². The van der Waals surface area contributed by atoms with Crippen LogP contribution in [0.3, 0.4) is 0 Å². The number of piperidine rings is 1. The molecule has 0 atom stereocenters. The Balaban J connectivity index is 1.27. The minimum Gasteiger partial charge on any atom is -0.339 e. The maximum absolute atomic E-state index is 13.4. The fourth-order valence-corrected chi connectivity index (χ4v) is 7.43. The highest BCUT2D eigenvalue weighted by Gasteiger charge is 2.45. The Kier molecular flexibility index (Phi) is 6.30. The van der Waals surface area contributed by atoms with Crippen molar-refractivity contribution in [3.05, 3.63) is 78.6 Å². The number of hydrogen-bond acceptors (Lipinski definition) is 5. The summed E-state index contributed by atoms with van der Waals surface area (Å²) in [6.45, 7) is 1.98. The van der Waals surface area contributed by atoms with Gasteiger partial charge in [-0.05, 0) is 73.2 Å². The number of para-hydroxylation sites is 1. The first-order valence-corrected chi connectivity index (χ1v) is 15.2. The number of benzene rings is 2. The Morgan fingerprint density at radius 3 is 2.00 bits per heavy atom. The predicted octanol–water partition coefficient (Wildman–Crippen LogP) is 3.20. The van der Waals surface area contributed by atoms with Crippen LogP contribution < -0.4 is 0 Å². The lowest BCUT2D eigenvalue weighted by Crippen LogP contribution is -2.44. The van der Waals surface area contributed by atoms with Crippen LogP contribution in [0.15, 0.2) is 82.8 Å². The van der Waals surface area contributed by atoms with E-state index in [9.17, 15) is 21.6 Å². The third kappa shape index (κ3) is 4.60. The summed E-state index contributed by atoms with van der Waals surface area (Å²) < 4.78 is 53.3. The van der Waals surface area contributed by atoms with E-state index in [0.717, 1.165) is 31.2 Å². The summed E-state index contributed by atoms with van der Waals surface area (Å²) in [5, 5.41) is 0. The van der Waals surface area contributed by atoms with Gasteiger partial charge in [0.1, 0.15) is 0 Å². The topological polar surface area (TPSA) is 96.8 Å². The summed E-state index contributed by atoms with van der Waals surface area (Å²) in [4.78, 5) is 15.4. The number of aromatic nitrogens is 1. The molecule has 3 aromatic rings. The lowest BCUT2D eigenvalue weighted by atomic mass is 9.78. The molecular formula is C26H29N3O5S2. The second-order valence-corrected chi connectivity index (χ2v) is 13.7. The molecule has 0 N–H and O–H groups in total. The molecule has 2 fully saturated rings. The third-order valence-corrected chi connectivity index (χ3v) is 10.4. The van der Waals surface area contributed by atoms with Crippen LogP contribution in [0.4, 0.5) is 0 Å². The first kappa shape index (κ1) is 24.7. The molecule has 2 aromatic carbocycles. The van der Waals surface area contributed by atoms with Gasteiger partial charge < -0.3 is 9.47 Å². The first-order chi connectivity index (χ1) is 17.1. The van der Waals surface area contributed by atoms with Gasteiger partial charge in [0.2, 0.25) is 10.0 Å². The van der Waals surface area contributed by atoms with Gasteiger partial charge in [0.25, 0.3) is 5.91 Å². The summed E-state index contributed by atoms with van der Waals surface area (Å²) in [6, 6.07) is 16.8. The van der Waals surface area contributed by atoms with E-state index in [0.29, 0.717) is 31.7 Å². The van der Waals surface area contributed by atoms with Gasteiger partial charge in [0.15, 0.2) is 9.84 Å². The third-order valence-electron chi connectivity index (χ3n) is 7.42. The number of rotatable bonds is 5. The molecule has 2 aliphatic heterocycles. The molecule has 0 bridgehead atoms. The second kappa shape index (κ2) is 9.17. The summed E-state index contributed by atoms with van der Waals surface area (Å²) in [7, 11) is -7.12. The maximum atomic E-state index is 13.4. The first-order valence-electron chi connectivity index (χ1n) is 11.9. The van der Waals surface area contributed by atoms with E-state index in [1.165, 1.54) is 28.6 Å². The minimum atomic E-state index is -3.72. The second-order valence-electron chi connectivity index (χ2n) is 9.73. The van der Waals surface area contributed by atoms with Crippen LogP contribution in [-0.2, 0) is 19.9 Å². The molecular weight excluding hydrogens is 498 g/mol. The molecule has 3 heterocycles. The monoisotopic (exact) mass is 527 g/mol. The molecule has 0 aliphatic carbocycles. The van der Waals surface area contributed by atoms with E-state index < -0.39 is 19.9 Å². The van der Waals surface area contributed by atoms with E-state index >= 15 is 0 Å². The van der Waals surface area contributed by atoms with E-state index in [1.54, 1.807) is 0 Å². The summed E-state index contributed by atoms with van der Waals surface area (Å²) in [5.41, 5.74) is 1.34. The molecule has 10 heteroatoms. The SMILES string of the molecule is CS(=O)(=O)c1ccc(S(=O)(=O)N2CCC3(CCN(C(=O)c4ccccc4-n4cccc4)CC3)C2)cc1. The van der Waals surface area contributed by atoms with Gasteiger partial charge >= 0.3 is 0 Å². The Morgan fingerprint density at radius 1 is 0.778 bits per heavy atom. The van der Waals surface area contributed by atoms with Gasteiger partial charge in [0, 0.05) is 44.8 Å². The van der Waals surface area contributed by atoms with Crippen LogP contribution >= 0.6 is 0 Å². The molecule has 8 nitrogen and oxygen atoms in total. The van der Waals surface area contributed by atoms with Crippen molar-refractivity contribution in [3.8, 4) is 5.69 Å². The highest BCUT2D eigenvalue weighted by Crippen LogP contribution is 2.42. The number of likely N-dealkylation sites (tertiary alicyclic amines) is 1. The smallest absolute Gasteiger partial charge is 0.255 e. The lowest BCUT2D eigenvalue weighted by molar-refractivity contribution is 0.0600. The van der Waals surface area contributed by atoms with Crippen molar-refractivity contribution in [2.45, 2.75) is 29.1 Å². The van der Waals surface area contributed by atoms with Crippen molar-refractivity contribution in [2.24, 2.45) is 5.41 Å². The summed E-state index contributed by atoms with van der Waals surface area (Å²) >= 11 is 0. The minimum absolute atomic E-state index is 0.0115. The zero-order valence-electron chi connectivity index (χ0n) is 20.1. The molecule has 1 amide bonds. The molecule has 0 saturated carbocycles. The number of carbonyl (C=O) groups is 1. The average Bonchev–Trinajstić information content (AvgIpc) is 3.55. The van der Waals surface area contributed by atoms with Crippen LogP contribution in [-0.4, -0.2) is 68.9 Å². The number of carbonyl (C=O) groups excluding carboxylic acids is 1. The van der Waals surface area contributed by atoms with Crippen molar-refractivity contribution in [3.63, 3.8) is 0 Å². The number of sulfone groups is 1. The Hall–Kier alpha value is -2.95. The molecule has 2 aliphatic rings. The van der Waals surface area contributed by atoms with E-state index in [4.69, 9.17) is 0 Å². The number of nitrogens with zero attached hydrogens (tertiary/aromatic N) is 3. The number of amides is 1. The van der Waals surface area contributed by atoms with E-state index in [1.807, 2.05) is 58.3 Å². The molecule has 36 heavy (non-hydrogen) atoms. The highest BCUT2D eigenvalue weighted by atomic mass is 32.2. The normalized spacial score (nSPS) is 18.5. The van der Waals surface area contributed by atoms with Gasteiger partial charge in [-0.15, -0.1) is 0 Å². The average molecular weight is 528 g/mol. The molecule has 1 aromatic heterocycles. The van der Waals surface area contributed by atoms with Gasteiger partial charge in [-0.3, -0.25) is 4.79 Å². The Labute approximate surface area is 212 Å². The fourth-order valence-electron chi connectivity index (χ4n) is 5.24. The van der Waals surface area contributed by atoms with Crippen molar-refractivity contribution >= 4 is 25.8 Å². The number of sulfonamides is 1. The van der Waals surface area contributed by atoms with Crippen molar-refractivity contribution in [1.82, 2.24) is 13.8 Å². The Morgan fingerprint density at radius 2 is 1.36 bits per heavy atom. The zero-order valence-corrected chi connectivity index (χ0v) is 21.7. The van der Waals surface area contributed by atoms with Crippen LogP contribution in [0.5, 0.6) is 0 Å². The van der Waals surface area contributed by atoms with Gasteiger partial charge in [-0.25, -0.2) is 16.8 Å².